The Morgan fingerprint density at radius 1 is 0.387 bits per heavy atom. The van der Waals surface area contributed by atoms with Gasteiger partial charge in [0, 0.05) is 22.9 Å². The molecule has 6 aliphatic rings. The van der Waals surface area contributed by atoms with Crippen LogP contribution in [-0.2, 0) is 10.8 Å². The molecule has 0 radical (unpaired) electrons. The number of allylic oxidation sites excluding steroid dienone is 4. The van der Waals surface area contributed by atoms with Crippen molar-refractivity contribution in [2.75, 3.05) is 4.90 Å². The predicted molar refractivity (Wildman–Crippen MR) is 303 cm³/mol. The van der Waals surface area contributed by atoms with E-state index in [4.69, 9.17) is 9.47 Å². The Balaban J connectivity index is 0.786. The van der Waals surface area contributed by atoms with Crippen LogP contribution in [0.25, 0.3) is 55.3 Å². The molecule has 75 heavy (non-hydrogen) atoms. The van der Waals surface area contributed by atoms with Gasteiger partial charge in [-0.15, -0.1) is 0 Å². The van der Waals surface area contributed by atoms with E-state index in [1.807, 2.05) is 6.07 Å². The second-order valence-corrected chi connectivity index (χ2v) is 20.9. The van der Waals surface area contributed by atoms with E-state index in [0.29, 0.717) is 23.2 Å². The van der Waals surface area contributed by atoms with Crippen LogP contribution < -0.4 is 14.4 Å². The molecule has 1 heterocycles. The van der Waals surface area contributed by atoms with Crippen LogP contribution in [0.3, 0.4) is 0 Å². The quantitative estimate of drug-likeness (QED) is 0.175. The summed E-state index contributed by atoms with van der Waals surface area (Å²) >= 11 is 0. The third-order valence-electron chi connectivity index (χ3n) is 17.5. The molecule has 0 fully saturated rings. The van der Waals surface area contributed by atoms with E-state index in [0.717, 1.165) is 45.7 Å². The molecule has 17 rings (SSSR count). The van der Waals surface area contributed by atoms with Crippen molar-refractivity contribution < 1.29 is 9.47 Å². The first-order chi connectivity index (χ1) is 37.2. The van der Waals surface area contributed by atoms with Gasteiger partial charge in [0.05, 0.1) is 16.5 Å². The Labute approximate surface area is 435 Å². The van der Waals surface area contributed by atoms with Crippen molar-refractivity contribution >= 4 is 27.8 Å². The van der Waals surface area contributed by atoms with Crippen molar-refractivity contribution in [3.63, 3.8) is 0 Å². The van der Waals surface area contributed by atoms with Crippen LogP contribution in [0.4, 0.5) is 17.1 Å². The average molecular weight is 956 g/mol. The van der Waals surface area contributed by atoms with E-state index in [2.05, 4.69) is 254 Å². The summed E-state index contributed by atoms with van der Waals surface area (Å²) in [6.45, 7) is 0. The molecule has 0 saturated carbocycles. The van der Waals surface area contributed by atoms with Gasteiger partial charge < -0.3 is 14.4 Å². The number of nitrogens with zero attached hydrogens (tertiary/aromatic N) is 1. The number of rotatable bonds is 4. The first-order valence-corrected chi connectivity index (χ1v) is 26.3. The molecule has 2 atom stereocenters. The second-order valence-electron chi connectivity index (χ2n) is 20.9. The van der Waals surface area contributed by atoms with Crippen molar-refractivity contribution in [3.05, 3.63) is 305 Å². The highest BCUT2D eigenvalue weighted by atomic mass is 16.6. The SMILES string of the molecule is C1=CCC2C(=C1)C1(c3ccccc3-c3c1ccc1c3Oc3cccc(N(c4ccc(-c5ccc6c(c5)-c5ccccc5C65c6ccccc6-c6ccccc65)cc4)c4ccc5ccccc5c4)c3O1)c1ccccc12. The van der Waals surface area contributed by atoms with Crippen LogP contribution >= 0.6 is 0 Å². The monoisotopic (exact) mass is 955 g/mol. The summed E-state index contributed by atoms with van der Waals surface area (Å²) < 4.78 is 14.5. The highest BCUT2D eigenvalue weighted by Gasteiger charge is 2.56. The van der Waals surface area contributed by atoms with E-state index in [9.17, 15) is 0 Å². The van der Waals surface area contributed by atoms with Gasteiger partial charge >= 0.3 is 0 Å². The van der Waals surface area contributed by atoms with Crippen LogP contribution in [0, 0.1) is 0 Å². The third-order valence-corrected chi connectivity index (χ3v) is 17.5. The Kier molecular flexibility index (Phi) is 8.25. The Morgan fingerprint density at radius 2 is 0.960 bits per heavy atom. The highest BCUT2D eigenvalue weighted by Crippen LogP contribution is 2.69. The number of benzene rings is 11. The fraction of sp³-hybridized carbons (Fsp3) is 0.0556. The van der Waals surface area contributed by atoms with Crippen molar-refractivity contribution in [1.82, 2.24) is 0 Å². The van der Waals surface area contributed by atoms with Crippen LogP contribution in [0.5, 0.6) is 23.0 Å². The van der Waals surface area contributed by atoms with E-state index in [1.165, 1.54) is 88.8 Å². The maximum Gasteiger partial charge on any atom is 0.194 e. The zero-order valence-electron chi connectivity index (χ0n) is 40.8. The Morgan fingerprint density at radius 3 is 1.72 bits per heavy atom. The van der Waals surface area contributed by atoms with Gasteiger partial charge in [0.25, 0.3) is 0 Å². The third kappa shape index (κ3) is 5.29. The van der Waals surface area contributed by atoms with Crippen LogP contribution in [-0.4, -0.2) is 0 Å². The van der Waals surface area contributed by atoms with Gasteiger partial charge in [-0.1, -0.05) is 206 Å². The van der Waals surface area contributed by atoms with Crippen LogP contribution in [0.1, 0.15) is 56.8 Å². The zero-order chi connectivity index (χ0) is 49.0. The molecule has 3 heteroatoms. The molecule has 0 amide bonds. The molecular formula is C72H45NO2. The van der Waals surface area contributed by atoms with Gasteiger partial charge in [0.2, 0.25) is 0 Å². The molecule has 0 N–H and O–H groups in total. The van der Waals surface area contributed by atoms with Crippen molar-refractivity contribution in [1.29, 1.82) is 0 Å². The summed E-state index contributed by atoms with van der Waals surface area (Å²) in [6, 6.07) is 87.3. The van der Waals surface area contributed by atoms with Gasteiger partial charge in [0.1, 0.15) is 0 Å². The number of hydrogen-bond donors (Lipinski definition) is 0. The first-order valence-electron chi connectivity index (χ1n) is 26.3. The minimum Gasteiger partial charge on any atom is -0.449 e. The fourth-order valence-electron chi connectivity index (χ4n) is 14.6. The van der Waals surface area contributed by atoms with E-state index in [-0.39, 0.29) is 5.41 Å². The van der Waals surface area contributed by atoms with Gasteiger partial charge in [-0.3, -0.25) is 0 Å². The summed E-state index contributed by atoms with van der Waals surface area (Å²) in [5.41, 5.74) is 24.2. The summed E-state index contributed by atoms with van der Waals surface area (Å²) in [5.74, 6) is 3.15. The summed E-state index contributed by atoms with van der Waals surface area (Å²) in [5, 5.41) is 2.35. The number of ether oxygens (including phenoxy) is 2. The number of fused-ring (bicyclic) bond motifs is 24. The van der Waals surface area contributed by atoms with E-state index < -0.39 is 5.41 Å². The van der Waals surface area contributed by atoms with Gasteiger partial charge in [-0.2, -0.15) is 0 Å². The average Bonchev–Trinajstić information content (AvgIpc) is 4.24. The lowest BCUT2D eigenvalue weighted by molar-refractivity contribution is 0.361. The fourth-order valence-corrected chi connectivity index (χ4v) is 14.6. The maximum atomic E-state index is 7.26. The van der Waals surface area contributed by atoms with Gasteiger partial charge in [-0.25, -0.2) is 0 Å². The number of hydrogen-bond acceptors (Lipinski definition) is 3. The van der Waals surface area contributed by atoms with Crippen LogP contribution in [0.2, 0.25) is 0 Å². The summed E-state index contributed by atoms with van der Waals surface area (Å²) in [4.78, 5) is 2.32. The minimum absolute atomic E-state index is 0.324. The predicted octanol–water partition coefficient (Wildman–Crippen LogP) is 18.5. The first kappa shape index (κ1) is 41.1. The molecule has 3 nitrogen and oxygen atoms in total. The molecule has 2 unspecified atom stereocenters. The second kappa shape index (κ2) is 15.1. The van der Waals surface area contributed by atoms with Gasteiger partial charge in [-0.05, 0) is 155 Å². The molecule has 1 aliphatic heterocycles. The molecule has 5 aliphatic carbocycles. The summed E-state index contributed by atoms with van der Waals surface area (Å²) in [7, 11) is 0. The lowest BCUT2D eigenvalue weighted by Gasteiger charge is -2.33. The van der Waals surface area contributed by atoms with Gasteiger partial charge in [0.15, 0.2) is 23.0 Å². The van der Waals surface area contributed by atoms with E-state index >= 15 is 0 Å². The van der Waals surface area contributed by atoms with Crippen molar-refractivity contribution in [3.8, 4) is 67.5 Å². The smallest absolute Gasteiger partial charge is 0.194 e. The summed E-state index contributed by atoms with van der Waals surface area (Å²) in [6.07, 6.45) is 7.94. The lowest BCUT2D eigenvalue weighted by atomic mass is 9.69. The molecule has 350 valence electrons. The lowest BCUT2D eigenvalue weighted by Crippen LogP contribution is -2.27. The minimum atomic E-state index is -0.418. The zero-order valence-corrected chi connectivity index (χ0v) is 40.8. The molecule has 0 bridgehead atoms. The van der Waals surface area contributed by atoms with Crippen LogP contribution in [0.15, 0.2) is 260 Å². The van der Waals surface area contributed by atoms with Crippen molar-refractivity contribution in [2.24, 2.45) is 0 Å². The molecule has 11 aromatic rings. The largest absolute Gasteiger partial charge is 0.449 e. The molecule has 2 spiro atoms. The molecule has 0 aromatic heterocycles. The van der Waals surface area contributed by atoms with Crippen molar-refractivity contribution in [2.45, 2.75) is 23.2 Å². The number of para-hydroxylation sites is 1. The molecule has 11 aromatic carbocycles. The molecule has 0 saturated heterocycles. The highest BCUT2D eigenvalue weighted by molar-refractivity contribution is 5.98. The Hall–Kier alpha value is -9.44. The normalized spacial score (nSPS) is 17.5. The maximum absolute atomic E-state index is 7.26. The standard InChI is InChI=1S/C72H45NO2/c1-2-17-46-42-49(38-34-44(46)16-1)73(48-36-32-45(33-37-48)47-35-39-63-56(43-47)54-22-7-13-28-61(54)71(63)57-24-9-3-18-50(57)51-19-4-10-25-58(51)71)65-30-15-31-66-69(65)74-67-41-40-64-68(70(67)75-66)55-23-8-14-29-62(55)72(64)59-26-11-5-20-52(59)53-21-6-12-27-60(53)72/h1-20,22-43,53H,21H2. The topological polar surface area (TPSA) is 21.7 Å². The Bertz CT molecular complexity index is 4320. The van der Waals surface area contributed by atoms with E-state index in [1.54, 1.807) is 0 Å². The number of anilines is 3. The molecular weight excluding hydrogens is 911 g/mol.